The van der Waals surface area contributed by atoms with E-state index in [0.29, 0.717) is 4.31 Å². The minimum absolute atomic E-state index is 0.439. The van der Waals surface area contributed by atoms with Crippen molar-refractivity contribution in [1.29, 1.82) is 0 Å². The van der Waals surface area contributed by atoms with Crippen LogP contribution in [-0.4, -0.2) is 27.2 Å². The molecular weight excluding hydrogens is 162 g/mol. The summed E-state index contributed by atoms with van der Waals surface area (Å²) in [6.45, 7) is -0.439. The van der Waals surface area contributed by atoms with Gasteiger partial charge in [-0.25, -0.2) is 0 Å². The van der Waals surface area contributed by atoms with Crippen LogP contribution < -0.4 is 0 Å². The van der Waals surface area contributed by atoms with E-state index in [-0.39, 0.29) is 0 Å². The zero-order chi connectivity index (χ0) is 7.44. The molecule has 6 heteroatoms. The Bertz CT molecular complexity index is 137. The normalized spacial score (nSPS) is 8.67. The van der Waals surface area contributed by atoms with E-state index in [9.17, 15) is 9.59 Å². The average molecular weight is 167 g/mol. The lowest BCUT2D eigenvalue weighted by molar-refractivity contribution is -0.136. The van der Waals surface area contributed by atoms with Crippen LogP contribution in [0.25, 0.3) is 0 Å². The first-order chi connectivity index (χ1) is 4.04. The van der Waals surface area contributed by atoms with Crippen LogP contribution in [0.4, 0.5) is 4.79 Å². The molecule has 0 aliphatic rings. The van der Waals surface area contributed by atoms with Crippen molar-refractivity contribution in [2.45, 2.75) is 0 Å². The highest BCUT2D eigenvalue weighted by Gasteiger charge is 2.07. The van der Waals surface area contributed by atoms with Crippen molar-refractivity contribution >= 4 is 36.7 Å². The molecule has 0 aliphatic carbocycles. The molecule has 0 radical (unpaired) electrons. The van der Waals surface area contributed by atoms with E-state index in [1.54, 1.807) is 0 Å². The number of nitrogens with zero attached hydrogens (tertiary/aromatic N) is 1. The minimum Gasteiger partial charge on any atom is -0.480 e. The fraction of sp³-hybridized carbons (Fsp3) is 0.333. The van der Waals surface area contributed by atoms with Crippen molar-refractivity contribution in [2.24, 2.45) is 0 Å². The van der Waals surface area contributed by atoms with E-state index < -0.39 is 17.8 Å². The lowest BCUT2D eigenvalue weighted by Crippen LogP contribution is -2.22. The van der Waals surface area contributed by atoms with Gasteiger partial charge in [-0.3, -0.25) is 13.9 Å². The molecule has 0 bridgehead atoms. The van der Waals surface area contributed by atoms with Gasteiger partial charge in [0, 0.05) is 0 Å². The molecule has 0 aliphatic heterocycles. The minimum atomic E-state index is -1.12. The summed E-state index contributed by atoms with van der Waals surface area (Å²) in [5.74, 6) is -1.12. The maximum Gasteiger partial charge on any atom is 0.324 e. The van der Waals surface area contributed by atoms with Gasteiger partial charge >= 0.3 is 5.97 Å². The standard InChI is InChI=1S/C3H5NO3S2/c5-2(6)1-4(9)3(7)8/h9H,1H2,(H,5,6)(H,7,8). The highest BCUT2D eigenvalue weighted by molar-refractivity contribution is 7.98. The van der Waals surface area contributed by atoms with Crippen molar-refractivity contribution < 1.29 is 14.7 Å². The molecule has 0 aromatic rings. The Hall–Kier alpha value is -0.360. The number of carboxylic acids is 1. The van der Waals surface area contributed by atoms with Gasteiger partial charge in [-0.15, -0.1) is 0 Å². The Balaban J connectivity index is 3.63. The summed E-state index contributed by atoms with van der Waals surface area (Å²) in [6.07, 6.45) is 0. The summed E-state index contributed by atoms with van der Waals surface area (Å²) in [4.78, 5) is 20.0. The SMILES string of the molecule is O=C(O)CN(S)C(=O)S. The Labute approximate surface area is 62.8 Å². The number of thiol groups is 2. The number of aliphatic carboxylic acids is 1. The van der Waals surface area contributed by atoms with Gasteiger partial charge in [0.2, 0.25) is 0 Å². The highest BCUT2D eigenvalue weighted by Crippen LogP contribution is 1.97. The summed E-state index contributed by atoms with van der Waals surface area (Å²) in [5.41, 5.74) is 0. The second-order valence-electron chi connectivity index (χ2n) is 1.23. The third-order valence-corrected chi connectivity index (χ3v) is 1.23. The molecule has 0 heterocycles. The van der Waals surface area contributed by atoms with E-state index in [4.69, 9.17) is 5.11 Å². The molecule has 1 N–H and O–H groups in total. The van der Waals surface area contributed by atoms with Crippen LogP contribution in [0.15, 0.2) is 0 Å². The molecule has 9 heavy (non-hydrogen) atoms. The van der Waals surface area contributed by atoms with E-state index >= 15 is 0 Å². The lowest BCUT2D eigenvalue weighted by atomic mass is 10.7. The Morgan fingerprint density at radius 1 is 1.56 bits per heavy atom. The molecule has 0 aromatic heterocycles. The quantitative estimate of drug-likeness (QED) is 0.517. The first kappa shape index (κ1) is 8.64. The van der Waals surface area contributed by atoms with Crippen LogP contribution in [-0.2, 0) is 4.79 Å². The number of carbonyl (C=O) groups is 2. The third-order valence-electron chi connectivity index (χ3n) is 0.506. The monoisotopic (exact) mass is 167 g/mol. The van der Waals surface area contributed by atoms with E-state index in [1.807, 2.05) is 0 Å². The first-order valence-electron chi connectivity index (χ1n) is 1.95. The summed E-state index contributed by atoms with van der Waals surface area (Å²) >= 11 is 6.81. The van der Waals surface area contributed by atoms with E-state index in [0.717, 1.165) is 0 Å². The van der Waals surface area contributed by atoms with Gasteiger partial charge in [0.15, 0.2) is 0 Å². The number of rotatable bonds is 2. The van der Waals surface area contributed by atoms with Gasteiger partial charge in [-0.1, -0.05) is 25.4 Å². The molecule has 0 saturated heterocycles. The second kappa shape index (κ2) is 3.62. The van der Waals surface area contributed by atoms with Gasteiger partial charge < -0.3 is 5.11 Å². The fourth-order valence-electron chi connectivity index (χ4n) is 0.196. The third kappa shape index (κ3) is 4.16. The van der Waals surface area contributed by atoms with Gasteiger partial charge in [-0.2, -0.15) is 0 Å². The summed E-state index contributed by atoms with van der Waals surface area (Å²) in [6, 6.07) is 0. The molecule has 0 unspecified atom stereocenters. The molecule has 0 aromatic carbocycles. The van der Waals surface area contributed by atoms with Crippen molar-refractivity contribution in [3.63, 3.8) is 0 Å². The molecule has 0 atom stereocenters. The van der Waals surface area contributed by atoms with Crippen LogP contribution in [0.1, 0.15) is 0 Å². The van der Waals surface area contributed by atoms with Crippen LogP contribution in [0, 0.1) is 0 Å². The molecule has 52 valence electrons. The smallest absolute Gasteiger partial charge is 0.324 e. The number of amides is 1. The van der Waals surface area contributed by atoms with Crippen LogP contribution in [0.5, 0.6) is 0 Å². The van der Waals surface area contributed by atoms with E-state index in [2.05, 4.69) is 25.4 Å². The predicted octanol–water partition coefficient (Wildman–Crippen LogP) is 0.268. The largest absolute Gasteiger partial charge is 0.480 e. The van der Waals surface area contributed by atoms with Crippen molar-refractivity contribution in [3.05, 3.63) is 0 Å². The zero-order valence-corrected chi connectivity index (χ0v) is 6.10. The van der Waals surface area contributed by atoms with Crippen LogP contribution >= 0.6 is 25.4 Å². The lowest BCUT2D eigenvalue weighted by Gasteiger charge is -2.06. The summed E-state index contributed by atoms with van der Waals surface area (Å²) < 4.78 is 0.686. The van der Waals surface area contributed by atoms with Gasteiger partial charge in [-0.05, 0) is 0 Å². The molecule has 0 fully saturated rings. The molecule has 0 spiro atoms. The Kier molecular flexibility index (Phi) is 3.48. The number of hydrogen-bond donors (Lipinski definition) is 3. The Morgan fingerprint density at radius 3 is 2.11 bits per heavy atom. The van der Waals surface area contributed by atoms with Crippen molar-refractivity contribution in [3.8, 4) is 0 Å². The molecule has 1 amide bonds. The maximum atomic E-state index is 10.1. The molecule has 4 nitrogen and oxygen atoms in total. The highest BCUT2D eigenvalue weighted by atomic mass is 32.1. The zero-order valence-electron chi connectivity index (χ0n) is 4.31. The number of hydrogen-bond acceptors (Lipinski definition) is 3. The second-order valence-corrected chi connectivity index (χ2v) is 2.10. The van der Waals surface area contributed by atoms with Gasteiger partial charge in [0.1, 0.15) is 6.54 Å². The van der Waals surface area contributed by atoms with Crippen LogP contribution in [0.3, 0.4) is 0 Å². The Morgan fingerprint density at radius 2 is 2.00 bits per heavy atom. The van der Waals surface area contributed by atoms with Crippen LogP contribution in [0.2, 0.25) is 0 Å². The summed E-state index contributed by atoms with van der Waals surface area (Å²) in [7, 11) is 0. The number of carbonyl (C=O) groups excluding carboxylic acids is 1. The van der Waals surface area contributed by atoms with E-state index in [1.165, 1.54) is 0 Å². The van der Waals surface area contributed by atoms with Gasteiger partial charge in [0.05, 0.1) is 0 Å². The first-order valence-corrected chi connectivity index (χ1v) is 2.80. The molecule has 0 saturated carbocycles. The van der Waals surface area contributed by atoms with Gasteiger partial charge in [0.25, 0.3) is 5.24 Å². The predicted molar refractivity (Wildman–Crippen MR) is 37.7 cm³/mol. The molecule has 0 rings (SSSR count). The average Bonchev–Trinajstić information content (AvgIpc) is 1.63. The van der Waals surface area contributed by atoms with Crippen molar-refractivity contribution in [2.75, 3.05) is 6.54 Å². The fourth-order valence-corrected chi connectivity index (χ4v) is 0.387. The molecular formula is C3H5NO3S2. The number of carboxylic acid groups (broad SMARTS) is 1. The summed E-state index contributed by atoms with van der Waals surface area (Å²) in [5, 5.41) is 7.38. The maximum absolute atomic E-state index is 10.1. The van der Waals surface area contributed by atoms with Crippen molar-refractivity contribution in [1.82, 2.24) is 4.31 Å². The topological polar surface area (TPSA) is 57.6 Å².